The van der Waals surface area contributed by atoms with E-state index in [0.717, 1.165) is 35.2 Å². The Morgan fingerprint density at radius 3 is 2.68 bits per heavy atom. The van der Waals surface area contributed by atoms with E-state index in [0.29, 0.717) is 11.3 Å². The van der Waals surface area contributed by atoms with Gasteiger partial charge in [-0.1, -0.05) is 36.7 Å². The van der Waals surface area contributed by atoms with Crippen LogP contribution < -0.4 is 0 Å². The van der Waals surface area contributed by atoms with Crippen molar-refractivity contribution < 1.29 is 0 Å². The normalized spacial score (nSPS) is 12.3. The minimum absolute atomic E-state index is 0.320. The lowest BCUT2D eigenvalue weighted by molar-refractivity contribution is 0.350. The maximum absolute atomic E-state index is 5.89. The van der Waals surface area contributed by atoms with Crippen molar-refractivity contribution in [2.75, 3.05) is 5.88 Å². The molecule has 0 aliphatic heterocycles. The summed E-state index contributed by atoms with van der Waals surface area (Å²) in [5, 5.41) is 0. The summed E-state index contributed by atoms with van der Waals surface area (Å²) in [5.74, 6) is 1.70. The van der Waals surface area contributed by atoms with Crippen LogP contribution >= 0.6 is 27.5 Å². The highest BCUT2D eigenvalue weighted by Gasteiger charge is 2.15. The van der Waals surface area contributed by atoms with Crippen molar-refractivity contribution in [1.29, 1.82) is 0 Å². The van der Waals surface area contributed by atoms with Crippen molar-refractivity contribution in [2.24, 2.45) is 5.41 Å². The fourth-order valence-electron chi connectivity index (χ4n) is 2.12. The van der Waals surface area contributed by atoms with Crippen LogP contribution in [-0.2, 0) is 13.0 Å². The molecule has 0 spiro atoms. The van der Waals surface area contributed by atoms with Crippen LogP contribution in [0, 0.1) is 5.41 Å². The van der Waals surface area contributed by atoms with Gasteiger partial charge in [0, 0.05) is 23.3 Å². The molecular weight excluding hydrogens is 324 g/mol. The largest absolute Gasteiger partial charge is 0.328 e. The summed E-state index contributed by atoms with van der Waals surface area (Å²) in [6, 6.07) is 6.24. The van der Waals surface area contributed by atoms with E-state index in [1.165, 1.54) is 5.52 Å². The average molecular weight is 344 g/mol. The number of halogens is 2. The third-order valence-corrected chi connectivity index (χ3v) is 3.88. The van der Waals surface area contributed by atoms with Gasteiger partial charge in [-0.15, -0.1) is 11.6 Å². The lowest BCUT2D eigenvalue weighted by atomic mass is 9.92. The van der Waals surface area contributed by atoms with Crippen LogP contribution in [0.1, 0.15) is 33.0 Å². The molecule has 0 unspecified atom stereocenters. The predicted molar refractivity (Wildman–Crippen MR) is 85.9 cm³/mol. The van der Waals surface area contributed by atoms with Crippen LogP contribution in [0.4, 0.5) is 0 Å². The van der Waals surface area contributed by atoms with Gasteiger partial charge in [-0.25, -0.2) is 4.98 Å². The van der Waals surface area contributed by atoms with Crippen molar-refractivity contribution in [3.8, 4) is 0 Å². The Labute approximate surface area is 128 Å². The fourth-order valence-corrected chi connectivity index (χ4v) is 2.64. The van der Waals surface area contributed by atoms with E-state index in [9.17, 15) is 0 Å². The van der Waals surface area contributed by atoms with E-state index in [4.69, 9.17) is 16.6 Å². The molecule has 0 N–H and O–H groups in total. The molecule has 0 saturated carbocycles. The summed E-state index contributed by atoms with van der Waals surface area (Å²) in [6.45, 7) is 7.79. The number of hydrogen-bond donors (Lipinski definition) is 0. The zero-order chi connectivity index (χ0) is 14.0. The third-order valence-electron chi connectivity index (χ3n) is 3.19. The van der Waals surface area contributed by atoms with Crippen LogP contribution in [0.5, 0.6) is 0 Å². The van der Waals surface area contributed by atoms with Gasteiger partial charge < -0.3 is 4.57 Å². The second-order valence-electron chi connectivity index (χ2n) is 6.06. The molecule has 2 nitrogen and oxygen atoms in total. The van der Waals surface area contributed by atoms with Crippen LogP contribution in [0.2, 0.25) is 0 Å². The number of aryl methyl sites for hydroxylation is 2. The van der Waals surface area contributed by atoms with Gasteiger partial charge in [0.1, 0.15) is 5.82 Å². The highest BCUT2D eigenvalue weighted by Crippen LogP contribution is 2.25. The molecule has 1 aromatic carbocycles. The summed E-state index contributed by atoms with van der Waals surface area (Å²) in [6.07, 6.45) is 1.94. The van der Waals surface area contributed by atoms with Crippen LogP contribution in [0.15, 0.2) is 22.7 Å². The number of benzene rings is 1. The van der Waals surface area contributed by atoms with Crippen LogP contribution in [-0.4, -0.2) is 15.4 Å². The van der Waals surface area contributed by atoms with Crippen LogP contribution in [0.25, 0.3) is 11.0 Å². The van der Waals surface area contributed by atoms with E-state index in [1.54, 1.807) is 0 Å². The molecule has 2 aromatic rings. The van der Waals surface area contributed by atoms with Gasteiger partial charge in [0.15, 0.2) is 0 Å². The maximum atomic E-state index is 5.89. The highest BCUT2D eigenvalue weighted by molar-refractivity contribution is 9.10. The molecule has 0 aliphatic rings. The summed E-state index contributed by atoms with van der Waals surface area (Å²) in [7, 11) is 0. The standard InChI is InChI=1S/C15H20BrClN2/c1-15(2,3)7-9-19-13-10-11(16)4-5-12(13)18-14(19)6-8-17/h4-5,10H,6-9H2,1-3H3. The van der Waals surface area contributed by atoms with E-state index < -0.39 is 0 Å². The zero-order valence-corrected chi connectivity index (χ0v) is 14.1. The van der Waals surface area contributed by atoms with Crippen molar-refractivity contribution in [3.63, 3.8) is 0 Å². The molecule has 0 aliphatic carbocycles. The predicted octanol–water partition coefficient (Wildman–Crippen LogP) is 5.02. The van der Waals surface area contributed by atoms with Gasteiger partial charge in [-0.2, -0.15) is 0 Å². The number of aromatic nitrogens is 2. The number of imidazole rings is 1. The van der Waals surface area contributed by atoms with Gasteiger partial charge in [0.2, 0.25) is 0 Å². The van der Waals surface area contributed by atoms with E-state index in [2.05, 4.69) is 53.4 Å². The van der Waals surface area contributed by atoms with Crippen molar-refractivity contribution in [3.05, 3.63) is 28.5 Å². The topological polar surface area (TPSA) is 17.8 Å². The zero-order valence-electron chi connectivity index (χ0n) is 11.7. The summed E-state index contributed by atoms with van der Waals surface area (Å²) in [5.41, 5.74) is 2.57. The molecule has 2 rings (SSSR count). The second kappa shape index (κ2) is 5.84. The molecule has 0 amide bonds. The first-order valence-electron chi connectivity index (χ1n) is 6.61. The highest BCUT2D eigenvalue weighted by atomic mass is 79.9. The first-order chi connectivity index (χ1) is 8.90. The Morgan fingerprint density at radius 2 is 2.05 bits per heavy atom. The van der Waals surface area contributed by atoms with Gasteiger partial charge in [-0.05, 0) is 30.0 Å². The van der Waals surface area contributed by atoms with Gasteiger partial charge in [0.25, 0.3) is 0 Å². The molecule has 0 atom stereocenters. The van der Waals surface area contributed by atoms with Gasteiger partial charge in [-0.3, -0.25) is 0 Å². The van der Waals surface area contributed by atoms with E-state index >= 15 is 0 Å². The third kappa shape index (κ3) is 3.73. The van der Waals surface area contributed by atoms with Crippen LogP contribution in [0.3, 0.4) is 0 Å². The molecule has 0 fully saturated rings. The molecule has 1 aromatic heterocycles. The smallest absolute Gasteiger partial charge is 0.111 e. The van der Waals surface area contributed by atoms with E-state index in [1.807, 2.05) is 6.07 Å². The molecule has 0 radical (unpaired) electrons. The molecule has 0 saturated heterocycles. The maximum Gasteiger partial charge on any atom is 0.111 e. The minimum Gasteiger partial charge on any atom is -0.328 e. The first kappa shape index (κ1) is 14.9. The lowest BCUT2D eigenvalue weighted by Gasteiger charge is -2.19. The van der Waals surface area contributed by atoms with Crippen molar-refractivity contribution in [1.82, 2.24) is 9.55 Å². The molecule has 1 heterocycles. The van der Waals surface area contributed by atoms with Gasteiger partial charge in [0.05, 0.1) is 11.0 Å². The molecule has 4 heteroatoms. The fraction of sp³-hybridized carbons (Fsp3) is 0.533. The molecule has 0 bridgehead atoms. The Kier molecular flexibility index (Phi) is 4.57. The SMILES string of the molecule is CC(C)(C)CCn1c(CCCl)nc2ccc(Br)cc21. The quantitative estimate of drug-likeness (QED) is 0.713. The van der Waals surface area contributed by atoms with E-state index in [-0.39, 0.29) is 0 Å². The second-order valence-corrected chi connectivity index (χ2v) is 7.36. The minimum atomic E-state index is 0.320. The Balaban J connectivity index is 2.41. The molecule has 19 heavy (non-hydrogen) atoms. The van der Waals surface area contributed by atoms with Crippen molar-refractivity contribution in [2.45, 2.75) is 40.2 Å². The number of nitrogens with zero attached hydrogens (tertiary/aromatic N) is 2. The lowest BCUT2D eigenvalue weighted by Crippen LogP contribution is -2.12. The Hall–Kier alpha value is -0.540. The number of rotatable bonds is 4. The number of fused-ring (bicyclic) bond motifs is 1. The monoisotopic (exact) mass is 342 g/mol. The molecular formula is C15H20BrClN2. The van der Waals surface area contributed by atoms with Gasteiger partial charge >= 0.3 is 0 Å². The first-order valence-corrected chi connectivity index (χ1v) is 7.94. The summed E-state index contributed by atoms with van der Waals surface area (Å²) < 4.78 is 3.41. The average Bonchev–Trinajstić information content (AvgIpc) is 2.63. The number of hydrogen-bond acceptors (Lipinski definition) is 1. The Bertz CT molecular complexity index is 569. The summed E-state index contributed by atoms with van der Waals surface area (Å²) >= 11 is 9.43. The molecule has 104 valence electrons. The summed E-state index contributed by atoms with van der Waals surface area (Å²) in [4.78, 5) is 4.70. The van der Waals surface area contributed by atoms with Crippen molar-refractivity contribution >= 4 is 38.6 Å². The Morgan fingerprint density at radius 1 is 1.32 bits per heavy atom. The number of alkyl halides is 1.